The van der Waals surface area contributed by atoms with Crippen LogP contribution in [0.3, 0.4) is 0 Å². The Labute approximate surface area is 99.0 Å². The van der Waals surface area contributed by atoms with Crippen LogP contribution in [0.2, 0.25) is 0 Å². The summed E-state index contributed by atoms with van der Waals surface area (Å²) in [4.78, 5) is 11.4. The summed E-state index contributed by atoms with van der Waals surface area (Å²) in [5, 5.41) is 1.07. The summed E-state index contributed by atoms with van der Waals surface area (Å²) in [5.41, 5.74) is 0. The molecular weight excluding hydrogens is 311 g/mol. The summed E-state index contributed by atoms with van der Waals surface area (Å²) in [5.74, 6) is 0.831. The molecule has 0 radical (unpaired) electrons. The first kappa shape index (κ1) is 9.92. The summed E-state index contributed by atoms with van der Waals surface area (Å²) in [7, 11) is 1.64. The molecule has 1 heterocycles. The first-order valence-electron chi connectivity index (χ1n) is 3.97. The Morgan fingerprint density at radius 1 is 1.43 bits per heavy atom. The maximum atomic E-state index is 10.6. The highest BCUT2D eigenvalue weighted by molar-refractivity contribution is 14.1. The molecule has 4 heteroatoms. The molecule has 0 aliphatic rings. The molecule has 0 atom stereocenters. The maximum absolute atomic E-state index is 10.6. The van der Waals surface area contributed by atoms with Crippen LogP contribution in [0.1, 0.15) is 9.67 Å². The fraction of sp³-hybridized carbons (Fsp3) is 0.100. The Morgan fingerprint density at radius 3 is 2.86 bits per heavy atom. The first-order valence-corrected chi connectivity index (χ1v) is 5.86. The molecule has 0 saturated heterocycles. The summed E-state index contributed by atoms with van der Waals surface area (Å²) >= 11 is 3.76. The quantitative estimate of drug-likeness (QED) is 0.627. The standard InChI is InChI=1S/C10H7IO2S/c1-13-7-2-6-3-8(5-12)14-10(6)9(11)4-7/h2-5H,1H3. The highest BCUT2D eigenvalue weighted by atomic mass is 127. The van der Waals surface area contributed by atoms with Crippen LogP contribution < -0.4 is 4.74 Å². The van der Waals surface area contributed by atoms with Gasteiger partial charge in [0.25, 0.3) is 0 Å². The summed E-state index contributed by atoms with van der Waals surface area (Å²) in [6, 6.07) is 5.80. The molecule has 0 unspecified atom stereocenters. The van der Waals surface area contributed by atoms with Gasteiger partial charge in [0.2, 0.25) is 0 Å². The van der Waals surface area contributed by atoms with Crippen LogP contribution in [0.5, 0.6) is 5.75 Å². The molecule has 0 aliphatic carbocycles. The lowest BCUT2D eigenvalue weighted by atomic mass is 10.2. The lowest BCUT2D eigenvalue weighted by Gasteiger charge is -2.00. The van der Waals surface area contributed by atoms with Crippen molar-refractivity contribution in [3.05, 3.63) is 26.6 Å². The number of carbonyl (C=O) groups is 1. The van der Waals surface area contributed by atoms with Crippen molar-refractivity contribution >= 4 is 50.3 Å². The molecule has 0 N–H and O–H groups in total. The molecular formula is C10H7IO2S. The van der Waals surface area contributed by atoms with Gasteiger partial charge in [0.1, 0.15) is 5.75 Å². The van der Waals surface area contributed by atoms with Crippen LogP contribution in [-0.2, 0) is 0 Å². The number of benzene rings is 1. The minimum atomic E-state index is 0.756. The number of methoxy groups -OCH3 is 1. The smallest absolute Gasteiger partial charge is 0.160 e. The third kappa shape index (κ3) is 1.64. The SMILES string of the molecule is COc1cc(I)c2sc(C=O)cc2c1. The average molecular weight is 318 g/mol. The number of fused-ring (bicyclic) bond motifs is 1. The second-order valence-corrected chi connectivity index (χ2v) is 5.04. The maximum Gasteiger partial charge on any atom is 0.160 e. The van der Waals surface area contributed by atoms with Crippen molar-refractivity contribution in [1.82, 2.24) is 0 Å². The van der Waals surface area contributed by atoms with Crippen LogP contribution in [0.25, 0.3) is 10.1 Å². The molecule has 14 heavy (non-hydrogen) atoms. The monoisotopic (exact) mass is 318 g/mol. The number of halogens is 1. The fourth-order valence-corrected chi connectivity index (χ4v) is 3.09. The Balaban J connectivity index is 2.73. The number of hydrogen-bond donors (Lipinski definition) is 0. The predicted molar refractivity (Wildman–Crippen MR) is 66.5 cm³/mol. The van der Waals surface area contributed by atoms with E-state index in [1.165, 1.54) is 11.3 Å². The number of rotatable bonds is 2. The van der Waals surface area contributed by atoms with E-state index in [0.29, 0.717) is 0 Å². The predicted octanol–water partition coefficient (Wildman–Crippen LogP) is 3.33. The van der Waals surface area contributed by atoms with Gasteiger partial charge < -0.3 is 4.74 Å². The van der Waals surface area contributed by atoms with Crippen LogP contribution in [0.4, 0.5) is 0 Å². The molecule has 0 aliphatic heterocycles. The first-order chi connectivity index (χ1) is 6.74. The van der Waals surface area contributed by atoms with Gasteiger partial charge in [0.15, 0.2) is 6.29 Å². The Hall–Kier alpha value is -0.620. The summed E-state index contributed by atoms with van der Waals surface area (Å²) in [6.07, 6.45) is 0.882. The van der Waals surface area contributed by atoms with Crippen molar-refractivity contribution in [3.8, 4) is 5.75 Å². The van der Waals surface area contributed by atoms with Crippen molar-refractivity contribution in [1.29, 1.82) is 0 Å². The molecule has 2 aromatic rings. The molecule has 0 bridgehead atoms. The molecule has 1 aromatic carbocycles. The van der Waals surface area contributed by atoms with E-state index in [9.17, 15) is 4.79 Å². The lowest BCUT2D eigenvalue weighted by molar-refractivity contribution is 0.112. The molecule has 0 spiro atoms. The van der Waals surface area contributed by atoms with E-state index in [1.807, 2.05) is 18.2 Å². The van der Waals surface area contributed by atoms with Crippen LogP contribution >= 0.6 is 33.9 Å². The van der Waals surface area contributed by atoms with Gasteiger partial charge in [-0.25, -0.2) is 0 Å². The van der Waals surface area contributed by atoms with Crippen molar-refractivity contribution < 1.29 is 9.53 Å². The molecule has 0 saturated carbocycles. The van der Waals surface area contributed by atoms with Gasteiger partial charge in [-0.3, -0.25) is 4.79 Å². The van der Waals surface area contributed by atoms with E-state index in [0.717, 1.165) is 30.6 Å². The Morgan fingerprint density at radius 2 is 2.21 bits per heavy atom. The number of ether oxygens (including phenoxy) is 1. The van der Waals surface area contributed by atoms with Gasteiger partial charge in [-0.05, 0) is 46.2 Å². The van der Waals surface area contributed by atoms with Crippen LogP contribution in [0, 0.1) is 3.57 Å². The van der Waals surface area contributed by atoms with E-state index >= 15 is 0 Å². The lowest BCUT2D eigenvalue weighted by Crippen LogP contribution is -1.82. The normalized spacial score (nSPS) is 10.4. The number of thiophene rings is 1. The highest BCUT2D eigenvalue weighted by Gasteiger charge is 2.06. The zero-order valence-corrected chi connectivity index (χ0v) is 10.4. The second-order valence-electron chi connectivity index (χ2n) is 2.79. The molecule has 72 valence electrons. The fourth-order valence-electron chi connectivity index (χ4n) is 1.28. The second kappa shape index (κ2) is 3.86. The molecule has 0 fully saturated rings. The third-order valence-electron chi connectivity index (χ3n) is 1.92. The van der Waals surface area contributed by atoms with E-state index in [1.54, 1.807) is 7.11 Å². The minimum absolute atomic E-state index is 0.756. The van der Waals surface area contributed by atoms with Crippen molar-refractivity contribution in [2.24, 2.45) is 0 Å². The number of aldehydes is 1. The topological polar surface area (TPSA) is 26.3 Å². The van der Waals surface area contributed by atoms with Gasteiger partial charge >= 0.3 is 0 Å². The summed E-state index contributed by atoms with van der Waals surface area (Å²) < 4.78 is 7.42. The van der Waals surface area contributed by atoms with E-state index in [2.05, 4.69) is 22.6 Å². The Bertz CT molecular complexity index is 490. The molecule has 0 amide bonds. The van der Waals surface area contributed by atoms with Gasteiger partial charge in [0, 0.05) is 8.27 Å². The van der Waals surface area contributed by atoms with Crippen molar-refractivity contribution in [2.75, 3.05) is 7.11 Å². The van der Waals surface area contributed by atoms with E-state index in [-0.39, 0.29) is 0 Å². The van der Waals surface area contributed by atoms with Gasteiger partial charge in [-0.15, -0.1) is 11.3 Å². The Kier molecular flexibility index (Phi) is 2.73. The largest absolute Gasteiger partial charge is 0.497 e. The minimum Gasteiger partial charge on any atom is -0.497 e. The third-order valence-corrected chi connectivity index (χ3v) is 4.24. The average Bonchev–Trinajstić information content (AvgIpc) is 2.61. The molecule has 2 rings (SSSR count). The molecule has 2 nitrogen and oxygen atoms in total. The van der Waals surface area contributed by atoms with E-state index < -0.39 is 0 Å². The van der Waals surface area contributed by atoms with Crippen LogP contribution in [0.15, 0.2) is 18.2 Å². The zero-order valence-electron chi connectivity index (χ0n) is 7.41. The zero-order chi connectivity index (χ0) is 10.1. The van der Waals surface area contributed by atoms with Crippen molar-refractivity contribution in [2.45, 2.75) is 0 Å². The number of hydrogen-bond acceptors (Lipinski definition) is 3. The number of carbonyl (C=O) groups excluding carboxylic acids is 1. The van der Waals surface area contributed by atoms with Gasteiger partial charge in [0.05, 0.1) is 12.0 Å². The molecule has 1 aromatic heterocycles. The van der Waals surface area contributed by atoms with Gasteiger partial charge in [-0.1, -0.05) is 0 Å². The van der Waals surface area contributed by atoms with Crippen LogP contribution in [-0.4, -0.2) is 13.4 Å². The van der Waals surface area contributed by atoms with Gasteiger partial charge in [-0.2, -0.15) is 0 Å². The van der Waals surface area contributed by atoms with E-state index in [4.69, 9.17) is 4.74 Å². The van der Waals surface area contributed by atoms with Crippen molar-refractivity contribution in [3.63, 3.8) is 0 Å². The highest BCUT2D eigenvalue weighted by Crippen LogP contribution is 2.32. The summed E-state index contributed by atoms with van der Waals surface area (Å²) in [6.45, 7) is 0.